The Hall–Kier alpha value is -3.36. The highest BCUT2D eigenvalue weighted by atomic mass is 16.6. The minimum atomic E-state index is -1.12. The number of esters is 1. The first-order valence-electron chi connectivity index (χ1n) is 14.1. The van der Waals surface area contributed by atoms with Crippen LogP contribution in [0.3, 0.4) is 0 Å². The summed E-state index contributed by atoms with van der Waals surface area (Å²) in [5, 5.41) is 5.76. The molecule has 2 N–H and O–H groups in total. The molecule has 3 aliphatic rings. The summed E-state index contributed by atoms with van der Waals surface area (Å²) in [6, 6.07) is 6.05. The lowest BCUT2D eigenvalue weighted by Gasteiger charge is -2.38. The summed E-state index contributed by atoms with van der Waals surface area (Å²) in [5.74, 6) is -1.32. The van der Waals surface area contributed by atoms with E-state index < -0.39 is 41.2 Å². The maximum atomic E-state index is 14.1. The second-order valence-electron chi connectivity index (χ2n) is 11.7. The van der Waals surface area contributed by atoms with Gasteiger partial charge in [0.2, 0.25) is 11.8 Å². The number of ether oxygens (including phenoxy) is 2. The topological polar surface area (TPSA) is 114 Å². The van der Waals surface area contributed by atoms with Gasteiger partial charge in [-0.25, -0.2) is 9.59 Å². The number of hydrogen-bond acceptors (Lipinski definition) is 6. The Bertz CT molecular complexity index is 1130. The monoisotopic (exact) mass is 539 g/mol. The van der Waals surface area contributed by atoms with E-state index in [2.05, 4.69) is 16.7 Å². The lowest BCUT2D eigenvalue weighted by molar-refractivity contribution is -0.151. The summed E-state index contributed by atoms with van der Waals surface area (Å²) < 4.78 is 10.8. The van der Waals surface area contributed by atoms with Gasteiger partial charge in [-0.15, -0.1) is 0 Å². The van der Waals surface area contributed by atoms with Gasteiger partial charge in [0.1, 0.15) is 23.2 Å². The van der Waals surface area contributed by atoms with E-state index in [0.717, 1.165) is 36.8 Å². The number of benzene rings is 1. The first-order valence-corrected chi connectivity index (χ1v) is 14.1. The summed E-state index contributed by atoms with van der Waals surface area (Å²) in [4.78, 5) is 55.2. The predicted molar refractivity (Wildman–Crippen MR) is 145 cm³/mol. The molecule has 4 rings (SSSR count). The van der Waals surface area contributed by atoms with Crippen LogP contribution in [-0.4, -0.2) is 58.6 Å². The maximum absolute atomic E-state index is 14.1. The quantitative estimate of drug-likeness (QED) is 0.446. The van der Waals surface area contributed by atoms with Crippen LogP contribution in [-0.2, 0) is 36.8 Å². The molecule has 3 amide bonds. The first-order chi connectivity index (χ1) is 18.5. The van der Waals surface area contributed by atoms with Crippen molar-refractivity contribution in [2.45, 2.75) is 102 Å². The first kappa shape index (κ1) is 28.6. The number of amides is 3. The standard InChI is InChI=1S/C30H41N3O6/c1-5-38-27(36)30-18-22(30)15-9-7-6-8-10-16-23(31-28(37)39-29(2,3)4)26(35)33-19-21-14-12-11-13-20(21)17-24(33)25(34)32-30/h9,11-15,22-24H,5-8,10,16-19H2,1-4H3,(H,31,37)(H,32,34)/t22-,23+,24?,30-/m1/s1. The van der Waals surface area contributed by atoms with Gasteiger partial charge in [-0.2, -0.15) is 0 Å². The molecule has 0 aromatic heterocycles. The molecule has 2 heterocycles. The van der Waals surface area contributed by atoms with Crippen LogP contribution in [0.1, 0.15) is 77.3 Å². The molecule has 9 heteroatoms. The van der Waals surface area contributed by atoms with Crippen molar-refractivity contribution in [1.29, 1.82) is 0 Å². The Kier molecular flexibility index (Phi) is 8.67. The average molecular weight is 540 g/mol. The van der Waals surface area contributed by atoms with Crippen LogP contribution in [0.2, 0.25) is 0 Å². The number of carbonyl (C=O) groups excluding carboxylic acids is 4. The van der Waals surface area contributed by atoms with Gasteiger partial charge >= 0.3 is 12.1 Å². The van der Waals surface area contributed by atoms with E-state index in [1.807, 2.05) is 30.3 Å². The number of allylic oxidation sites excluding steroid dienone is 1. The summed E-state index contributed by atoms with van der Waals surface area (Å²) in [5.41, 5.74) is 0.0993. The summed E-state index contributed by atoms with van der Waals surface area (Å²) in [6.07, 6.45) is 7.95. The highest BCUT2D eigenvalue weighted by molar-refractivity contribution is 5.96. The van der Waals surface area contributed by atoms with Gasteiger partial charge in [-0.05, 0) is 64.5 Å². The van der Waals surface area contributed by atoms with Gasteiger partial charge in [0.25, 0.3) is 0 Å². The van der Waals surface area contributed by atoms with Crippen LogP contribution in [0.5, 0.6) is 0 Å². The Labute approximate surface area is 230 Å². The van der Waals surface area contributed by atoms with Crippen molar-refractivity contribution in [3.63, 3.8) is 0 Å². The smallest absolute Gasteiger partial charge is 0.408 e. The number of nitrogens with one attached hydrogen (secondary N) is 2. The molecule has 1 aliphatic carbocycles. The summed E-state index contributed by atoms with van der Waals surface area (Å²) in [7, 11) is 0. The molecule has 1 aromatic rings. The number of fused-ring (bicyclic) bond motifs is 3. The fraction of sp³-hybridized carbons (Fsp3) is 0.600. The molecule has 1 aromatic carbocycles. The van der Waals surface area contributed by atoms with E-state index in [4.69, 9.17) is 9.47 Å². The zero-order valence-corrected chi connectivity index (χ0v) is 23.5. The molecule has 0 bridgehead atoms. The zero-order valence-electron chi connectivity index (χ0n) is 23.5. The minimum Gasteiger partial charge on any atom is -0.464 e. The number of alkyl carbamates (subject to hydrolysis) is 1. The van der Waals surface area contributed by atoms with E-state index in [0.29, 0.717) is 19.3 Å². The van der Waals surface area contributed by atoms with Crippen LogP contribution in [0.15, 0.2) is 36.4 Å². The van der Waals surface area contributed by atoms with Crippen LogP contribution in [0.25, 0.3) is 0 Å². The zero-order chi connectivity index (χ0) is 28.2. The van der Waals surface area contributed by atoms with Crippen LogP contribution < -0.4 is 10.6 Å². The van der Waals surface area contributed by atoms with Crippen molar-refractivity contribution in [3.8, 4) is 0 Å². The molecule has 1 unspecified atom stereocenters. The fourth-order valence-corrected chi connectivity index (χ4v) is 5.46. The van der Waals surface area contributed by atoms with Crippen molar-refractivity contribution in [3.05, 3.63) is 47.5 Å². The molecule has 4 atom stereocenters. The highest BCUT2D eigenvalue weighted by Crippen LogP contribution is 2.46. The normalized spacial score (nSPS) is 27.5. The van der Waals surface area contributed by atoms with E-state index in [1.165, 1.54) is 0 Å². The second kappa shape index (κ2) is 11.8. The molecular formula is C30H41N3O6. The Balaban J connectivity index is 1.66. The number of nitrogens with zero attached hydrogens (tertiary/aromatic N) is 1. The van der Waals surface area contributed by atoms with Gasteiger partial charge < -0.3 is 25.0 Å². The number of hydrogen-bond donors (Lipinski definition) is 2. The lowest BCUT2D eigenvalue weighted by Crippen LogP contribution is -2.60. The van der Waals surface area contributed by atoms with E-state index in [1.54, 1.807) is 32.6 Å². The van der Waals surface area contributed by atoms with Gasteiger partial charge in [0, 0.05) is 18.9 Å². The van der Waals surface area contributed by atoms with Crippen LogP contribution in [0.4, 0.5) is 4.79 Å². The van der Waals surface area contributed by atoms with E-state index >= 15 is 0 Å². The predicted octanol–water partition coefficient (Wildman–Crippen LogP) is 3.79. The summed E-state index contributed by atoms with van der Waals surface area (Å²) >= 11 is 0. The third-order valence-corrected chi connectivity index (χ3v) is 7.56. The Morgan fingerprint density at radius 1 is 1.13 bits per heavy atom. The molecule has 1 fully saturated rings. The van der Waals surface area contributed by atoms with E-state index in [9.17, 15) is 19.2 Å². The molecule has 0 spiro atoms. The number of rotatable bonds is 3. The van der Waals surface area contributed by atoms with Crippen molar-refractivity contribution in [1.82, 2.24) is 15.5 Å². The van der Waals surface area contributed by atoms with Crippen molar-refractivity contribution < 1.29 is 28.7 Å². The van der Waals surface area contributed by atoms with Crippen LogP contribution >= 0.6 is 0 Å². The fourth-order valence-electron chi connectivity index (χ4n) is 5.46. The van der Waals surface area contributed by atoms with Gasteiger partial charge in [0.05, 0.1) is 6.61 Å². The van der Waals surface area contributed by atoms with Gasteiger partial charge in [0.15, 0.2) is 0 Å². The van der Waals surface area contributed by atoms with Crippen molar-refractivity contribution >= 4 is 23.9 Å². The Morgan fingerprint density at radius 2 is 1.87 bits per heavy atom. The third-order valence-electron chi connectivity index (χ3n) is 7.56. The van der Waals surface area contributed by atoms with Crippen molar-refractivity contribution in [2.24, 2.45) is 5.92 Å². The van der Waals surface area contributed by atoms with E-state index in [-0.39, 0.29) is 25.0 Å². The molecule has 0 radical (unpaired) electrons. The number of carbonyl (C=O) groups is 4. The van der Waals surface area contributed by atoms with Gasteiger partial charge in [-0.1, -0.05) is 49.3 Å². The molecule has 2 aliphatic heterocycles. The third kappa shape index (κ3) is 6.81. The largest absolute Gasteiger partial charge is 0.464 e. The molecule has 39 heavy (non-hydrogen) atoms. The highest BCUT2D eigenvalue weighted by Gasteiger charge is 2.62. The Morgan fingerprint density at radius 3 is 2.59 bits per heavy atom. The van der Waals surface area contributed by atoms with Gasteiger partial charge in [-0.3, -0.25) is 9.59 Å². The lowest BCUT2D eigenvalue weighted by atomic mass is 9.92. The molecule has 1 saturated carbocycles. The SMILES string of the molecule is CCOC(=O)[C@@]12C[C@H]1C=CCCCCC[C@H](NC(=O)OC(C)(C)C)C(=O)N1Cc3ccccc3CC1C(=O)N2. The van der Waals surface area contributed by atoms with Crippen molar-refractivity contribution in [2.75, 3.05) is 6.61 Å². The minimum absolute atomic E-state index is 0.146. The second-order valence-corrected chi connectivity index (χ2v) is 11.7. The molecular weight excluding hydrogens is 498 g/mol. The average Bonchev–Trinajstić information content (AvgIpc) is 3.58. The molecule has 212 valence electrons. The molecule has 0 saturated heterocycles. The maximum Gasteiger partial charge on any atom is 0.408 e. The van der Waals surface area contributed by atoms with Crippen LogP contribution in [0, 0.1) is 5.92 Å². The summed E-state index contributed by atoms with van der Waals surface area (Å²) in [6.45, 7) is 7.49. The molecule has 9 nitrogen and oxygen atoms in total.